The maximum Gasteiger partial charge on any atom is 0.325 e. The normalized spacial score (nSPS) is 12.0. The van der Waals surface area contributed by atoms with Crippen molar-refractivity contribution in [3.63, 3.8) is 0 Å². The average Bonchev–Trinajstić information content (AvgIpc) is 2.91. The molecule has 0 radical (unpaired) electrons. The van der Waals surface area contributed by atoms with Crippen LogP contribution in [0.25, 0.3) is 11.1 Å². The van der Waals surface area contributed by atoms with Crippen LogP contribution in [0.15, 0.2) is 40.9 Å². The number of carbonyl (C=O) groups is 1. The van der Waals surface area contributed by atoms with Gasteiger partial charge in [0.25, 0.3) is 5.91 Å². The van der Waals surface area contributed by atoms with Gasteiger partial charge in [-0.2, -0.15) is 8.42 Å². The van der Waals surface area contributed by atoms with Crippen molar-refractivity contribution in [1.29, 1.82) is 0 Å². The van der Waals surface area contributed by atoms with Crippen molar-refractivity contribution in [2.75, 3.05) is 6.26 Å². The number of rotatable bonds is 4. The van der Waals surface area contributed by atoms with E-state index in [-0.39, 0.29) is 0 Å². The van der Waals surface area contributed by atoms with Gasteiger partial charge in [0.15, 0.2) is 0 Å². The molecule has 122 valence electrons. The van der Waals surface area contributed by atoms with Gasteiger partial charge in [-0.25, -0.2) is 0 Å². The van der Waals surface area contributed by atoms with Gasteiger partial charge in [-0.05, 0) is 46.8 Å². The molecule has 0 bridgehead atoms. The molecule has 0 saturated heterocycles. The van der Waals surface area contributed by atoms with Gasteiger partial charge in [-0.15, -0.1) is 11.3 Å². The topological polar surface area (TPSA) is 111 Å². The fourth-order valence-corrected chi connectivity index (χ4v) is 2.77. The third kappa shape index (κ3) is 4.80. The minimum absolute atomic E-state index is 0.366. The number of nitrogens with two attached hydrogens (primary N) is 1. The van der Waals surface area contributed by atoms with E-state index in [1.807, 2.05) is 24.4 Å². The van der Waals surface area contributed by atoms with Gasteiger partial charge in [0.1, 0.15) is 0 Å². The lowest BCUT2D eigenvalue weighted by atomic mass is 10.0. The molecule has 2 rings (SSSR count). The Morgan fingerprint density at radius 1 is 1.35 bits per heavy atom. The second-order valence-electron chi connectivity index (χ2n) is 4.68. The van der Waals surface area contributed by atoms with E-state index in [2.05, 4.69) is 14.8 Å². The van der Waals surface area contributed by atoms with E-state index < -0.39 is 22.0 Å². The van der Waals surface area contributed by atoms with Gasteiger partial charge in [0.2, 0.25) is 5.96 Å². The summed E-state index contributed by atoms with van der Waals surface area (Å²) in [7, 11) is -3.78. The van der Waals surface area contributed by atoms with Crippen LogP contribution in [0.1, 0.15) is 15.2 Å². The number of amides is 1. The fraction of sp³-hybridized carbons (Fsp3) is 0.143. The molecule has 9 heteroatoms. The largest absolute Gasteiger partial charge is 0.367 e. The first kappa shape index (κ1) is 17.0. The monoisotopic (exact) mass is 353 g/mol. The molecule has 0 aliphatic carbocycles. The highest BCUT2D eigenvalue weighted by atomic mass is 32.2. The molecule has 1 aromatic carbocycles. The van der Waals surface area contributed by atoms with E-state index in [1.54, 1.807) is 29.5 Å². The Balaban J connectivity index is 2.16. The number of oxime groups is 1. The molecule has 2 aromatic rings. The Morgan fingerprint density at radius 2 is 2.09 bits per heavy atom. The SMILES string of the molecule is Cc1sccc1-c1cccc(C(=O)NC(N)=NOS(C)(=O)=O)c1. The third-order valence-corrected chi connectivity index (χ3v) is 4.00. The second kappa shape index (κ2) is 6.80. The zero-order chi connectivity index (χ0) is 17.0. The zero-order valence-electron chi connectivity index (χ0n) is 12.4. The molecule has 23 heavy (non-hydrogen) atoms. The van der Waals surface area contributed by atoms with Crippen LogP contribution in [0.4, 0.5) is 0 Å². The number of benzene rings is 1. The molecule has 0 aliphatic heterocycles. The maximum atomic E-state index is 12.1. The molecule has 1 amide bonds. The highest BCUT2D eigenvalue weighted by molar-refractivity contribution is 7.85. The Hall–Kier alpha value is -2.39. The van der Waals surface area contributed by atoms with Crippen molar-refractivity contribution >= 4 is 33.3 Å². The first-order valence-corrected chi connectivity index (χ1v) is 9.14. The summed E-state index contributed by atoms with van der Waals surface area (Å²) in [6.07, 6.45) is 0.818. The number of hydrogen-bond acceptors (Lipinski definition) is 6. The summed E-state index contributed by atoms with van der Waals surface area (Å²) < 4.78 is 25.8. The summed E-state index contributed by atoms with van der Waals surface area (Å²) in [6, 6.07) is 8.96. The van der Waals surface area contributed by atoms with Gasteiger partial charge < -0.3 is 5.73 Å². The fourth-order valence-electron chi connectivity index (χ4n) is 1.83. The van der Waals surface area contributed by atoms with Gasteiger partial charge >= 0.3 is 10.1 Å². The minimum Gasteiger partial charge on any atom is -0.367 e. The second-order valence-corrected chi connectivity index (χ2v) is 7.36. The lowest BCUT2D eigenvalue weighted by Crippen LogP contribution is -2.37. The molecule has 1 heterocycles. The summed E-state index contributed by atoms with van der Waals surface area (Å²) in [4.78, 5) is 13.3. The van der Waals surface area contributed by atoms with Gasteiger partial charge in [0.05, 0.1) is 6.26 Å². The Labute approximate surface area is 137 Å². The number of nitrogens with zero attached hydrogens (tertiary/aromatic N) is 1. The van der Waals surface area contributed by atoms with Gasteiger partial charge in [0, 0.05) is 10.4 Å². The predicted octanol–water partition coefficient (Wildman–Crippen LogP) is 1.66. The van der Waals surface area contributed by atoms with Crippen molar-refractivity contribution < 1.29 is 17.5 Å². The zero-order valence-corrected chi connectivity index (χ0v) is 14.1. The van der Waals surface area contributed by atoms with E-state index in [0.29, 0.717) is 5.56 Å². The molecular weight excluding hydrogens is 338 g/mol. The van der Waals surface area contributed by atoms with Crippen molar-refractivity contribution in [2.24, 2.45) is 10.9 Å². The molecular formula is C14H15N3O4S2. The van der Waals surface area contributed by atoms with Gasteiger partial charge in [-0.1, -0.05) is 12.1 Å². The lowest BCUT2D eigenvalue weighted by Gasteiger charge is -2.06. The molecule has 3 N–H and O–H groups in total. The van der Waals surface area contributed by atoms with E-state index >= 15 is 0 Å². The quantitative estimate of drug-likeness (QED) is 0.493. The van der Waals surface area contributed by atoms with Gasteiger partial charge in [-0.3, -0.25) is 14.4 Å². The molecule has 0 saturated carbocycles. The Morgan fingerprint density at radius 3 is 2.70 bits per heavy atom. The number of thiophene rings is 1. The number of guanidine groups is 1. The van der Waals surface area contributed by atoms with Crippen LogP contribution in [0.5, 0.6) is 0 Å². The van der Waals surface area contributed by atoms with Crippen LogP contribution in [0.3, 0.4) is 0 Å². The van der Waals surface area contributed by atoms with E-state index in [0.717, 1.165) is 22.3 Å². The van der Waals surface area contributed by atoms with Crippen LogP contribution in [0.2, 0.25) is 0 Å². The molecule has 0 spiro atoms. The first-order valence-electron chi connectivity index (χ1n) is 6.44. The Bertz CT molecular complexity index is 856. The van der Waals surface area contributed by atoms with Crippen LogP contribution in [0, 0.1) is 6.92 Å². The summed E-state index contributed by atoms with van der Waals surface area (Å²) in [5.74, 6) is -0.962. The summed E-state index contributed by atoms with van der Waals surface area (Å²) >= 11 is 1.62. The molecule has 0 unspecified atom stereocenters. The summed E-state index contributed by atoms with van der Waals surface area (Å²) in [6.45, 7) is 2.00. The summed E-state index contributed by atoms with van der Waals surface area (Å²) in [5, 5.41) is 7.36. The maximum absolute atomic E-state index is 12.1. The minimum atomic E-state index is -3.78. The van der Waals surface area contributed by atoms with Crippen LogP contribution >= 0.6 is 11.3 Å². The number of hydrogen-bond donors (Lipinski definition) is 2. The van der Waals surface area contributed by atoms with Crippen LogP contribution in [-0.4, -0.2) is 26.5 Å². The third-order valence-electron chi connectivity index (χ3n) is 2.81. The van der Waals surface area contributed by atoms with Crippen molar-refractivity contribution in [3.05, 3.63) is 46.2 Å². The van der Waals surface area contributed by atoms with Crippen LogP contribution in [-0.2, 0) is 14.4 Å². The predicted molar refractivity (Wildman–Crippen MR) is 89.5 cm³/mol. The molecule has 0 fully saturated rings. The molecule has 1 aromatic heterocycles. The lowest BCUT2D eigenvalue weighted by molar-refractivity contribution is 0.0975. The van der Waals surface area contributed by atoms with Crippen molar-refractivity contribution in [1.82, 2.24) is 5.32 Å². The van der Waals surface area contributed by atoms with E-state index in [9.17, 15) is 13.2 Å². The van der Waals surface area contributed by atoms with Crippen LogP contribution < -0.4 is 11.1 Å². The molecule has 0 aliphatic rings. The standard InChI is InChI=1S/C14H15N3O4S2/c1-9-12(6-7-22-9)10-4-3-5-11(8-10)13(18)16-14(15)17-21-23(2,19)20/h3-8H,1-2H3,(H3,15,16,17,18). The van der Waals surface area contributed by atoms with E-state index in [1.165, 1.54) is 0 Å². The number of aryl methyl sites for hydroxylation is 1. The smallest absolute Gasteiger partial charge is 0.325 e. The van der Waals surface area contributed by atoms with Crippen molar-refractivity contribution in [2.45, 2.75) is 6.92 Å². The highest BCUT2D eigenvalue weighted by Gasteiger charge is 2.11. The van der Waals surface area contributed by atoms with E-state index in [4.69, 9.17) is 5.73 Å². The Kier molecular flexibility index (Phi) is 5.02. The highest BCUT2D eigenvalue weighted by Crippen LogP contribution is 2.27. The summed E-state index contributed by atoms with van der Waals surface area (Å²) in [5.41, 5.74) is 7.72. The van der Waals surface area contributed by atoms with Crippen molar-refractivity contribution in [3.8, 4) is 11.1 Å². The molecule has 7 nitrogen and oxygen atoms in total. The first-order chi connectivity index (χ1) is 10.8. The number of nitrogens with one attached hydrogen (secondary N) is 1. The number of carbonyl (C=O) groups excluding carboxylic acids is 1. The average molecular weight is 353 g/mol. The molecule has 0 atom stereocenters.